The van der Waals surface area contributed by atoms with Gasteiger partial charge in [-0.1, -0.05) is 58.4 Å². The van der Waals surface area contributed by atoms with Crippen molar-refractivity contribution < 1.29 is 19.4 Å². The third-order valence-corrected chi connectivity index (χ3v) is 5.76. The first-order chi connectivity index (χ1) is 14.1. The van der Waals surface area contributed by atoms with Crippen LogP contribution in [0.2, 0.25) is 0 Å². The number of carbonyl (C=O) groups excluding carboxylic acids is 1. The SMILES string of the molecule is CCC(C)(C)C(NC(=O)c1ccc2ccc(C)cc2c1OCCCC(C)C)C(=O)O. The summed E-state index contributed by atoms with van der Waals surface area (Å²) in [5.74, 6) is -0.355. The number of ether oxygens (including phenoxy) is 1. The number of aliphatic carboxylic acids is 1. The van der Waals surface area contributed by atoms with Crippen molar-refractivity contribution in [3.05, 3.63) is 41.5 Å². The van der Waals surface area contributed by atoms with Crippen molar-refractivity contribution in [3.63, 3.8) is 0 Å². The van der Waals surface area contributed by atoms with Gasteiger partial charge in [0.1, 0.15) is 11.8 Å². The molecule has 1 atom stereocenters. The largest absolute Gasteiger partial charge is 0.492 e. The molecule has 0 aliphatic carbocycles. The van der Waals surface area contributed by atoms with Gasteiger partial charge in [-0.05, 0) is 55.0 Å². The number of carboxylic acids is 1. The number of hydrogen-bond acceptors (Lipinski definition) is 3. The minimum atomic E-state index is -1.04. The smallest absolute Gasteiger partial charge is 0.326 e. The van der Waals surface area contributed by atoms with E-state index in [1.807, 2.05) is 52.0 Å². The molecule has 5 heteroatoms. The highest BCUT2D eigenvalue weighted by Crippen LogP contribution is 2.32. The molecular formula is C25H35NO4. The molecular weight excluding hydrogens is 378 g/mol. The zero-order chi connectivity index (χ0) is 22.5. The highest BCUT2D eigenvalue weighted by atomic mass is 16.5. The van der Waals surface area contributed by atoms with E-state index in [0.29, 0.717) is 30.3 Å². The molecule has 1 unspecified atom stereocenters. The normalized spacial score (nSPS) is 12.8. The van der Waals surface area contributed by atoms with Crippen LogP contribution in [0, 0.1) is 18.3 Å². The van der Waals surface area contributed by atoms with Gasteiger partial charge < -0.3 is 15.2 Å². The Labute approximate surface area is 179 Å². The molecule has 2 N–H and O–H groups in total. The fourth-order valence-corrected chi connectivity index (χ4v) is 3.41. The van der Waals surface area contributed by atoms with E-state index in [2.05, 4.69) is 19.2 Å². The van der Waals surface area contributed by atoms with Crippen LogP contribution in [-0.2, 0) is 4.79 Å². The Morgan fingerprint density at radius 3 is 2.43 bits per heavy atom. The number of carbonyl (C=O) groups is 2. The maximum Gasteiger partial charge on any atom is 0.326 e. The highest BCUT2D eigenvalue weighted by Gasteiger charge is 2.35. The Kier molecular flexibility index (Phi) is 7.88. The number of nitrogens with one attached hydrogen (secondary N) is 1. The summed E-state index contributed by atoms with van der Waals surface area (Å²) in [5, 5.41) is 14.3. The number of carboxylic acid groups (broad SMARTS) is 1. The molecule has 2 aromatic carbocycles. The van der Waals surface area contributed by atoms with Gasteiger partial charge in [0.15, 0.2) is 0 Å². The first-order valence-electron chi connectivity index (χ1n) is 10.8. The molecule has 0 fully saturated rings. The molecule has 1 amide bonds. The van der Waals surface area contributed by atoms with Crippen molar-refractivity contribution in [1.29, 1.82) is 0 Å². The van der Waals surface area contributed by atoms with Crippen LogP contribution in [0.25, 0.3) is 10.8 Å². The van der Waals surface area contributed by atoms with Crippen LogP contribution in [-0.4, -0.2) is 29.6 Å². The van der Waals surface area contributed by atoms with Gasteiger partial charge in [-0.3, -0.25) is 4.79 Å². The van der Waals surface area contributed by atoms with Gasteiger partial charge >= 0.3 is 5.97 Å². The minimum absolute atomic E-state index is 0.371. The van der Waals surface area contributed by atoms with Crippen molar-refractivity contribution in [1.82, 2.24) is 5.32 Å². The molecule has 0 aromatic heterocycles. The predicted molar refractivity (Wildman–Crippen MR) is 121 cm³/mol. The number of hydrogen-bond donors (Lipinski definition) is 2. The Balaban J connectivity index is 2.42. The van der Waals surface area contributed by atoms with Crippen LogP contribution in [0.1, 0.15) is 69.8 Å². The van der Waals surface area contributed by atoms with E-state index >= 15 is 0 Å². The second-order valence-electron chi connectivity index (χ2n) is 9.14. The standard InChI is InChI=1S/C25H35NO4/c1-7-25(5,6)22(24(28)29)26-23(27)19-13-12-18-11-10-17(4)15-20(18)21(19)30-14-8-9-16(2)3/h10-13,15-16,22H,7-9,14H2,1-6H3,(H,26,27)(H,28,29). The third kappa shape index (κ3) is 5.74. The maximum absolute atomic E-state index is 13.2. The van der Waals surface area contributed by atoms with Crippen molar-refractivity contribution in [2.24, 2.45) is 11.3 Å². The Morgan fingerprint density at radius 2 is 1.83 bits per heavy atom. The van der Waals surface area contributed by atoms with E-state index in [-0.39, 0.29) is 0 Å². The Morgan fingerprint density at radius 1 is 1.17 bits per heavy atom. The van der Waals surface area contributed by atoms with Crippen LogP contribution < -0.4 is 10.1 Å². The van der Waals surface area contributed by atoms with Gasteiger partial charge in [0.2, 0.25) is 0 Å². The second kappa shape index (κ2) is 9.96. The van der Waals surface area contributed by atoms with E-state index in [4.69, 9.17) is 4.74 Å². The van der Waals surface area contributed by atoms with Gasteiger partial charge in [0, 0.05) is 5.39 Å². The van der Waals surface area contributed by atoms with Crippen LogP contribution in [0.4, 0.5) is 0 Å². The summed E-state index contributed by atoms with van der Waals surface area (Å²) in [6.07, 6.45) is 2.55. The number of fused-ring (bicyclic) bond motifs is 1. The third-order valence-electron chi connectivity index (χ3n) is 5.76. The molecule has 0 saturated carbocycles. The topological polar surface area (TPSA) is 75.6 Å². The van der Waals surface area contributed by atoms with Gasteiger partial charge in [-0.2, -0.15) is 0 Å². The lowest BCUT2D eigenvalue weighted by Crippen LogP contribution is -2.50. The lowest BCUT2D eigenvalue weighted by molar-refractivity contribution is -0.142. The number of rotatable bonds is 10. The van der Waals surface area contributed by atoms with Crippen molar-refractivity contribution in [3.8, 4) is 5.75 Å². The summed E-state index contributed by atoms with van der Waals surface area (Å²) in [5.41, 5.74) is 0.867. The molecule has 0 aliphatic rings. The molecule has 0 aliphatic heterocycles. The molecule has 2 rings (SSSR count). The van der Waals surface area contributed by atoms with E-state index in [1.165, 1.54) is 0 Å². The summed E-state index contributed by atoms with van der Waals surface area (Å²) >= 11 is 0. The van der Waals surface area contributed by atoms with E-state index < -0.39 is 23.3 Å². The molecule has 0 spiro atoms. The zero-order valence-electron chi connectivity index (χ0n) is 19.0. The predicted octanol–water partition coefficient (Wildman–Crippen LogP) is 5.58. The fourth-order valence-electron chi connectivity index (χ4n) is 3.41. The fraction of sp³-hybridized carbons (Fsp3) is 0.520. The summed E-state index contributed by atoms with van der Waals surface area (Å²) in [7, 11) is 0. The van der Waals surface area contributed by atoms with Crippen LogP contribution in [0.5, 0.6) is 5.75 Å². The van der Waals surface area contributed by atoms with Crippen molar-refractivity contribution in [2.75, 3.05) is 6.61 Å². The van der Waals surface area contributed by atoms with E-state index in [9.17, 15) is 14.7 Å². The second-order valence-corrected chi connectivity index (χ2v) is 9.14. The van der Waals surface area contributed by atoms with Gasteiger partial charge in [0.25, 0.3) is 5.91 Å². The van der Waals surface area contributed by atoms with E-state index in [0.717, 1.165) is 29.2 Å². The average molecular weight is 414 g/mol. The average Bonchev–Trinajstić information content (AvgIpc) is 2.68. The van der Waals surface area contributed by atoms with Gasteiger partial charge in [0.05, 0.1) is 12.2 Å². The van der Waals surface area contributed by atoms with Crippen molar-refractivity contribution in [2.45, 2.75) is 66.8 Å². The Bertz CT molecular complexity index is 901. The first-order valence-corrected chi connectivity index (χ1v) is 10.8. The summed E-state index contributed by atoms with van der Waals surface area (Å²) in [6, 6.07) is 8.65. The number of amides is 1. The summed E-state index contributed by atoms with van der Waals surface area (Å²) in [4.78, 5) is 25.0. The monoisotopic (exact) mass is 413 g/mol. The van der Waals surface area contributed by atoms with Crippen LogP contribution >= 0.6 is 0 Å². The highest BCUT2D eigenvalue weighted by molar-refractivity contribution is 6.05. The van der Waals surface area contributed by atoms with Crippen molar-refractivity contribution >= 4 is 22.6 Å². The molecule has 2 aromatic rings. The lowest BCUT2D eigenvalue weighted by Gasteiger charge is -2.31. The lowest BCUT2D eigenvalue weighted by atomic mass is 9.81. The maximum atomic E-state index is 13.2. The molecule has 164 valence electrons. The van der Waals surface area contributed by atoms with Gasteiger partial charge in [-0.25, -0.2) is 4.79 Å². The summed E-state index contributed by atoms with van der Waals surface area (Å²) in [6.45, 7) is 12.5. The van der Waals surface area contributed by atoms with Gasteiger partial charge in [-0.15, -0.1) is 0 Å². The number of benzene rings is 2. The molecule has 0 radical (unpaired) electrons. The molecule has 5 nitrogen and oxygen atoms in total. The van der Waals surface area contributed by atoms with Crippen LogP contribution in [0.3, 0.4) is 0 Å². The first kappa shape index (κ1) is 23.7. The molecule has 0 bridgehead atoms. The van der Waals surface area contributed by atoms with E-state index in [1.54, 1.807) is 6.07 Å². The quantitative estimate of drug-likeness (QED) is 0.498. The van der Waals surface area contributed by atoms with Crippen LogP contribution in [0.15, 0.2) is 30.3 Å². The molecule has 30 heavy (non-hydrogen) atoms. The summed E-state index contributed by atoms with van der Waals surface area (Å²) < 4.78 is 6.12. The Hall–Kier alpha value is -2.56. The minimum Gasteiger partial charge on any atom is -0.492 e. The molecule has 0 heterocycles. The zero-order valence-corrected chi connectivity index (χ0v) is 19.0. The number of aryl methyl sites for hydroxylation is 1. The molecule has 0 saturated heterocycles.